The second kappa shape index (κ2) is 6.02. The molecule has 1 unspecified atom stereocenters. The van der Waals surface area contributed by atoms with Crippen LogP contribution < -0.4 is 5.32 Å². The molecule has 0 radical (unpaired) electrons. The lowest BCUT2D eigenvalue weighted by molar-refractivity contribution is 0.263. The Hall–Kier alpha value is -0.920. The van der Waals surface area contributed by atoms with Crippen molar-refractivity contribution in [3.63, 3.8) is 0 Å². The smallest absolute Gasteiger partial charge is 0.260 e. The van der Waals surface area contributed by atoms with Crippen molar-refractivity contribution >= 4 is 10.0 Å². The molecule has 6 nitrogen and oxygen atoms in total. The molecule has 2 rings (SSSR count). The molecule has 19 heavy (non-hydrogen) atoms. The van der Waals surface area contributed by atoms with Gasteiger partial charge in [0.05, 0.1) is 6.20 Å². The number of nitrogens with zero attached hydrogens (tertiary/aromatic N) is 2. The highest BCUT2D eigenvalue weighted by atomic mass is 32.2. The van der Waals surface area contributed by atoms with Gasteiger partial charge in [-0.3, -0.25) is 5.10 Å². The minimum atomic E-state index is -3.47. The monoisotopic (exact) mass is 286 g/mol. The van der Waals surface area contributed by atoms with Crippen molar-refractivity contribution in [3.8, 4) is 0 Å². The van der Waals surface area contributed by atoms with Crippen LogP contribution in [-0.2, 0) is 10.0 Å². The minimum Gasteiger partial charge on any atom is -0.316 e. The normalized spacial score (nSPS) is 21.2. The van der Waals surface area contributed by atoms with E-state index in [1.807, 2.05) is 13.8 Å². The SMILES string of the molecule is CC(C)N(CC1CCCNC1)S(=O)(=O)c1ccn[nH]1. The third-order valence-electron chi connectivity index (χ3n) is 3.47. The first-order valence-electron chi connectivity index (χ1n) is 6.73. The van der Waals surface area contributed by atoms with E-state index in [2.05, 4.69) is 15.5 Å². The summed E-state index contributed by atoms with van der Waals surface area (Å²) in [7, 11) is -3.47. The van der Waals surface area contributed by atoms with Crippen LogP contribution in [-0.4, -0.2) is 48.6 Å². The van der Waals surface area contributed by atoms with Crippen LogP contribution in [0.15, 0.2) is 17.3 Å². The predicted octanol–water partition coefficient (Wildman–Crippen LogP) is 0.808. The van der Waals surface area contributed by atoms with Gasteiger partial charge in [-0.2, -0.15) is 9.40 Å². The van der Waals surface area contributed by atoms with Crippen LogP contribution in [0.4, 0.5) is 0 Å². The zero-order valence-corrected chi connectivity index (χ0v) is 12.3. The van der Waals surface area contributed by atoms with Crippen molar-refractivity contribution < 1.29 is 8.42 Å². The molecular weight excluding hydrogens is 264 g/mol. The van der Waals surface area contributed by atoms with Gasteiger partial charge in [-0.25, -0.2) is 8.42 Å². The average molecular weight is 286 g/mol. The zero-order valence-electron chi connectivity index (χ0n) is 11.5. The fourth-order valence-corrected chi connectivity index (χ4v) is 4.05. The summed E-state index contributed by atoms with van der Waals surface area (Å²) < 4.78 is 26.7. The van der Waals surface area contributed by atoms with Gasteiger partial charge in [-0.05, 0) is 51.8 Å². The van der Waals surface area contributed by atoms with Crippen LogP contribution in [0.2, 0.25) is 0 Å². The molecule has 0 aliphatic carbocycles. The Balaban J connectivity index is 2.15. The largest absolute Gasteiger partial charge is 0.316 e. The lowest BCUT2D eigenvalue weighted by Gasteiger charge is -2.31. The van der Waals surface area contributed by atoms with E-state index in [9.17, 15) is 8.42 Å². The first kappa shape index (κ1) is 14.5. The van der Waals surface area contributed by atoms with E-state index in [-0.39, 0.29) is 11.1 Å². The van der Waals surface area contributed by atoms with Gasteiger partial charge in [0.15, 0.2) is 5.03 Å². The highest BCUT2D eigenvalue weighted by Crippen LogP contribution is 2.20. The summed E-state index contributed by atoms with van der Waals surface area (Å²) in [5, 5.41) is 9.78. The Kier molecular flexibility index (Phi) is 4.59. The molecule has 7 heteroatoms. The second-order valence-corrected chi connectivity index (χ2v) is 7.16. The van der Waals surface area contributed by atoms with Crippen molar-refractivity contribution in [2.75, 3.05) is 19.6 Å². The van der Waals surface area contributed by atoms with Crippen molar-refractivity contribution in [2.24, 2.45) is 5.92 Å². The molecule has 0 saturated carbocycles. The molecule has 108 valence electrons. The maximum absolute atomic E-state index is 12.5. The quantitative estimate of drug-likeness (QED) is 0.839. The summed E-state index contributed by atoms with van der Waals surface area (Å²) >= 11 is 0. The summed E-state index contributed by atoms with van der Waals surface area (Å²) in [5.74, 6) is 0.383. The maximum atomic E-state index is 12.5. The van der Waals surface area contributed by atoms with Crippen molar-refractivity contribution in [1.82, 2.24) is 19.8 Å². The van der Waals surface area contributed by atoms with Gasteiger partial charge in [0, 0.05) is 12.6 Å². The third-order valence-corrected chi connectivity index (χ3v) is 5.45. The number of aromatic amines is 1. The van der Waals surface area contributed by atoms with Crippen molar-refractivity contribution in [1.29, 1.82) is 0 Å². The molecule has 0 amide bonds. The molecule has 1 aromatic rings. The predicted molar refractivity (Wildman–Crippen MR) is 73.2 cm³/mol. The van der Waals surface area contributed by atoms with Gasteiger partial charge < -0.3 is 5.32 Å². The summed E-state index contributed by atoms with van der Waals surface area (Å²) in [4.78, 5) is 0. The number of piperidine rings is 1. The molecule has 1 aromatic heterocycles. The molecular formula is C12H22N4O2S. The minimum absolute atomic E-state index is 0.0600. The second-order valence-electron chi connectivity index (χ2n) is 5.30. The van der Waals surface area contributed by atoms with Crippen LogP contribution in [0.1, 0.15) is 26.7 Å². The maximum Gasteiger partial charge on any atom is 0.260 e. The molecule has 0 spiro atoms. The van der Waals surface area contributed by atoms with E-state index in [0.29, 0.717) is 12.5 Å². The molecule has 0 aromatic carbocycles. The fraction of sp³-hybridized carbons (Fsp3) is 0.750. The molecule has 2 heterocycles. The van der Waals surface area contributed by atoms with Crippen LogP contribution in [0.25, 0.3) is 0 Å². The molecule has 1 fully saturated rings. The number of sulfonamides is 1. The summed E-state index contributed by atoms with van der Waals surface area (Å²) in [5.41, 5.74) is 0. The Morgan fingerprint density at radius 3 is 2.84 bits per heavy atom. The third kappa shape index (κ3) is 3.34. The topological polar surface area (TPSA) is 78.1 Å². The fourth-order valence-electron chi connectivity index (χ4n) is 2.43. The van der Waals surface area contributed by atoms with Gasteiger partial charge in [-0.1, -0.05) is 0 Å². The van der Waals surface area contributed by atoms with E-state index < -0.39 is 10.0 Å². The highest BCUT2D eigenvalue weighted by Gasteiger charge is 2.30. The number of hydrogen-bond donors (Lipinski definition) is 2. The Labute approximate surface area is 114 Å². The molecule has 1 saturated heterocycles. The number of aromatic nitrogens is 2. The number of rotatable bonds is 5. The molecule has 1 atom stereocenters. The summed E-state index contributed by atoms with van der Waals surface area (Å²) in [6, 6.07) is 1.44. The highest BCUT2D eigenvalue weighted by molar-refractivity contribution is 7.89. The Morgan fingerprint density at radius 2 is 2.32 bits per heavy atom. The van der Waals surface area contributed by atoms with E-state index in [1.54, 1.807) is 4.31 Å². The van der Waals surface area contributed by atoms with Gasteiger partial charge >= 0.3 is 0 Å². The number of H-pyrrole nitrogens is 1. The van der Waals surface area contributed by atoms with E-state index >= 15 is 0 Å². The van der Waals surface area contributed by atoms with E-state index in [0.717, 1.165) is 25.9 Å². The first-order chi connectivity index (χ1) is 9.01. The molecule has 1 aliphatic heterocycles. The van der Waals surface area contributed by atoms with Crippen molar-refractivity contribution in [2.45, 2.75) is 37.8 Å². The lowest BCUT2D eigenvalue weighted by atomic mass is 9.99. The Bertz CT molecular complexity index is 478. The Morgan fingerprint density at radius 1 is 1.53 bits per heavy atom. The number of hydrogen-bond acceptors (Lipinski definition) is 4. The standard InChI is InChI=1S/C12H22N4O2S/c1-10(2)16(9-11-4-3-6-13-8-11)19(17,18)12-5-7-14-15-12/h5,7,10-11,13H,3-4,6,8-9H2,1-2H3,(H,14,15). The van der Waals surface area contributed by atoms with Crippen LogP contribution in [0.3, 0.4) is 0 Å². The lowest BCUT2D eigenvalue weighted by Crippen LogP contribution is -2.44. The van der Waals surface area contributed by atoms with Gasteiger partial charge in [0.1, 0.15) is 0 Å². The average Bonchev–Trinajstić information content (AvgIpc) is 2.91. The van der Waals surface area contributed by atoms with Gasteiger partial charge in [0.25, 0.3) is 10.0 Å². The van der Waals surface area contributed by atoms with Crippen LogP contribution in [0, 0.1) is 5.92 Å². The van der Waals surface area contributed by atoms with E-state index in [4.69, 9.17) is 0 Å². The van der Waals surface area contributed by atoms with Gasteiger partial charge in [0.2, 0.25) is 0 Å². The van der Waals surface area contributed by atoms with Gasteiger partial charge in [-0.15, -0.1) is 0 Å². The number of nitrogens with one attached hydrogen (secondary N) is 2. The van der Waals surface area contributed by atoms with Crippen LogP contribution >= 0.6 is 0 Å². The van der Waals surface area contributed by atoms with Crippen molar-refractivity contribution in [3.05, 3.63) is 12.3 Å². The summed E-state index contributed by atoms with van der Waals surface area (Å²) in [6.07, 6.45) is 3.66. The summed E-state index contributed by atoms with van der Waals surface area (Å²) in [6.45, 7) is 6.30. The zero-order chi connectivity index (χ0) is 13.9. The first-order valence-corrected chi connectivity index (χ1v) is 8.17. The van der Waals surface area contributed by atoms with Crippen LogP contribution in [0.5, 0.6) is 0 Å². The molecule has 1 aliphatic rings. The van der Waals surface area contributed by atoms with E-state index in [1.165, 1.54) is 12.3 Å². The molecule has 0 bridgehead atoms. The molecule has 2 N–H and O–H groups in total.